The molecule has 0 aromatic rings. The summed E-state index contributed by atoms with van der Waals surface area (Å²) in [5.41, 5.74) is 0. The Morgan fingerprint density at radius 1 is 1.19 bits per heavy atom. The highest BCUT2D eigenvalue weighted by Gasteiger charge is 2.28. The number of rotatable bonds is 6. The lowest BCUT2D eigenvalue weighted by molar-refractivity contribution is 0.339. The van der Waals surface area contributed by atoms with E-state index in [1.807, 2.05) is 0 Å². The molecule has 2 aliphatic carbocycles. The molecule has 3 unspecified atom stereocenters. The zero-order chi connectivity index (χ0) is 11.4. The lowest BCUT2D eigenvalue weighted by Crippen LogP contribution is -2.45. The third kappa shape index (κ3) is 3.96. The molecule has 0 aromatic heterocycles. The van der Waals surface area contributed by atoms with Crippen LogP contribution in [-0.4, -0.2) is 23.1 Å². The maximum Gasteiger partial charge on any atom is 0.0201 e. The van der Waals surface area contributed by atoms with E-state index in [4.69, 9.17) is 0 Å². The van der Waals surface area contributed by atoms with Gasteiger partial charge in [-0.2, -0.15) is 11.8 Å². The van der Waals surface area contributed by atoms with Gasteiger partial charge in [0.25, 0.3) is 0 Å². The molecule has 0 bridgehead atoms. The van der Waals surface area contributed by atoms with Crippen molar-refractivity contribution < 1.29 is 0 Å². The van der Waals surface area contributed by atoms with Crippen molar-refractivity contribution in [2.45, 2.75) is 76.1 Å². The van der Waals surface area contributed by atoms with Crippen molar-refractivity contribution in [2.24, 2.45) is 5.92 Å². The number of hydrogen-bond acceptors (Lipinski definition) is 2. The number of thioether (sulfide) groups is 1. The van der Waals surface area contributed by atoms with E-state index in [1.165, 1.54) is 50.7 Å². The van der Waals surface area contributed by atoms with Crippen molar-refractivity contribution in [3.8, 4) is 0 Å². The molecule has 1 N–H and O–H groups in total. The van der Waals surface area contributed by atoms with Gasteiger partial charge in [-0.3, -0.25) is 0 Å². The summed E-state index contributed by atoms with van der Waals surface area (Å²) in [5.74, 6) is 2.34. The van der Waals surface area contributed by atoms with Gasteiger partial charge in [0.15, 0.2) is 0 Å². The quantitative estimate of drug-likeness (QED) is 0.758. The first kappa shape index (κ1) is 12.8. The molecular formula is C14H27NS. The molecule has 2 saturated carbocycles. The van der Waals surface area contributed by atoms with E-state index < -0.39 is 0 Å². The fourth-order valence-corrected chi connectivity index (χ4v) is 4.20. The smallest absolute Gasteiger partial charge is 0.0201 e. The second kappa shape index (κ2) is 6.30. The van der Waals surface area contributed by atoms with Gasteiger partial charge in [-0.1, -0.05) is 32.6 Å². The topological polar surface area (TPSA) is 12.0 Å². The van der Waals surface area contributed by atoms with Gasteiger partial charge in [-0.15, -0.1) is 0 Å². The SMILES string of the molecule is CCSC1CCCCC1NC(C)CC1CC1. The van der Waals surface area contributed by atoms with Gasteiger partial charge >= 0.3 is 0 Å². The van der Waals surface area contributed by atoms with Gasteiger partial charge in [0, 0.05) is 17.3 Å². The van der Waals surface area contributed by atoms with Crippen LogP contribution in [0.5, 0.6) is 0 Å². The van der Waals surface area contributed by atoms with Crippen LogP contribution in [0.15, 0.2) is 0 Å². The van der Waals surface area contributed by atoms with Crippen molar-refractivity contribution in [1.82, 2.24) is 5.32 Å². The van der Waals surface area contributed by atoms with Crippen LogP contribution in [0.2, 0.25) is 0 Å². The first-order valence-corrected chi connectivity index (χ1v) is 8.22. The van der Waals surface area contributed by atoms with E-state index in [1.54, 1.807) is 0 Å². The summed E-state index contributed by atoms with van der Waals surface area (Å²) in [6.45, 7) is 4.69. The largest absolute Gasteiger partial charge is 0.310 e. The molecule has 3 atom stereocenters. The maximum absolute atomic E-state index is 3.90. The van der Waals surface area contributed by atoms with Crippen LogP contribution in [0.4, 0.5) is 0 Å². The molecule has 1 nitrogen and oxygen atoms in total. The first-order valence-electron chi connectivity index (χ1n) is 7.17. The molecule has 0 amide bonds. The third-order valence-corrected chi connectivity index (χ3v) is 5.29. The summed E-state index contributed by atoms with van der Waals surface area (Å²) < 4.78 is 0. The Balaban J connectivity index is 1.75. The van der Waals surface area contributed by atoms with Crippen LogP contribution in [0.25, 0.3) is 0 Å². The minimum Gasteiger partial charge on any atom is -0.310 e. The molecule has 16 heavy (non-hydrogen) atoms. The normalized spacial score (nSPS) is 32.6. The Morgan fingerprint density at radius 2 is 1.94 bits per heavy atom. The van der Waals surface area contributed by atoms with E-state index in [0.717, 1.165) is 23.3 Å². The maximum atomic E-state index is 3.90. The van der Waals surface area contributed by atoms with Crippen LogP contribution in [0.1, 0.15) is 58.8 Å². The molecule has 2 heteroatoms. The highest BCUT2D eigenvalue weighted by Crippen LogP contribution is 2.34. The summed E-state index contributed by atoms with van der Waals surface area (Å²) in [5, 5.41) is 4.79. The first-order chi connectivity index (χ1) is 7.79. The second-order valence-corrected chi connectivity index (χ2v) is 7.15. The summed E-state index contributed by atoms with van der Waals surface area (Å²) in [6.07, 6.45) is 10.1. The van der Waals surface area contributed by atoms with Gasteiger partial charge in [-0.25, -0.2) is 0 Å². The lowest BCUT2D eigenvalue weighted by Gasteiger charge is -2.34. The van der Waals surface area contributed by atoms with E-state index in [2.05, 4.69) is 30.9 Å². The zero-order valence-electron chi connectivity index (χ0n) is 10.9. The van der Waals surface area contributed by atoms with E-state index in [-0.39, 0.29) is 0 Å². The summed E-state index contributed by atoms with van der Waals surface area (Å²) >= 11 is 2.17. The predicted molar refractivity (Wildman–Crippen MR) is 74.1 cm³/mol. The summed E-state index contributed by atoms with van der Waals surface area (Å²) in [7, 11) is 0. The van der Waals surface area contributed by atoms with Gasteiger partial charge in [-0.05, 0) is 37.9 Å². The van der Waals surface area contributed by atoms with Crippen molar-refractivity contribution in [3.05, 3.63) is 0 Å². The van der Waals surface area contributed by atoms with Crippen LogP contribution in [0.3, 0.4) is 0 Å². The van der Waals surface area contributed by atoms with Crippen LogP contribution >= 0.6 is 11.8 Å². The Labute approximate surface area is 105 Å². The van der Waals surface area contributed by atoms with Crippen LogP contribution in [-0.2, 0) is 0 Å². The third-order valence-electron chi connectivity index (χ3n) is 3.97. The van der Waals surface area contributed by atoms with E-state index >= 15 is 0 Å². The monoisotopic (exact) mass is 241 g/mol. The minimum atomic E-state index is 0.746. The fraction of sp³-hybridized carbons (Fsp3) is 1.00. The van der Waals surface area contributed by atoms with Crippen molar-refractivity contribution in [1.29, 1.82) is 0 Å². The average molecular weight is 241 g/mol. The van der Waals surface area contributed by atoms with Gasteiger partial charge in [0.05, 0.1) is 0 Å². The molecule has 2 aliphatic rings. The Hall–Kier alpha value is 0.310. The van der Waals surface area contributed by atoms with Crippen LogP contribution < -0.4 is 5.32 Å². The number of nitrogens with one attached hydrogen (secondary N) is 1. The molecule has 0 radical (unpaired) electrons. The fourth-order valence-electron chi connectivity index (χ4n) is 2.99. The molecular weight excluding hydrogens is 214 g/mol. The standard InChI is InChI=1S/C14H27NS/c1-3-16-14-7-5-4-6-13(14)15-11(2)10-12-8-9-12/h11-15H,3-10H2,1-2H3. The van der Waals surface area contributed by atoms with Gasteiger partial charge < -0.3 is 5.32 Å². The molecule has 2 rings (SSSR count). The van der Waals surface area contributed by atoms with E-state index in [9.17, 15) is 0 Å². The molecule has 0 spiro atoms. The highest BCUT2D eigenvalue weighted by atomic mass is 32.2. The predicted octanol–water partition coefficient (Wildman–Crippen LogP) is 3.83. The Kier molecular flexibility index (Phi) is 5.02. The second-order valence-electron chi connectivity index (χ2n) is 5.63. The molecule has 0 aromatic carbocycles. The van der Waals surface area contributed by atoms with Crippen LogP contribution in [0, 0.1) is 5.92 Å². The average Bonchev–Trinajstić information content (AvgIpc) is 3.05. The Bertz CT molecular complexity index is 201. The molecule has 94 valence electrons. The Morgan fingerprint density at radius 3 is 2.62 bits per heavy atom. The molecule has 0 heterocycles. The summed E-state index contributed by atoms with van der Waals surface area (Å²) in [6, 6.07) is 1.54. The highest BCUT2D eigenvalue weighted by molar-refractivity contribution is 7.99. The van der Waals surface area contributed by atoms with Gasteiger partial charge in [0.2, 0.25) is 0 Å². The van der Waals surface area contributed by atoms with E-state index in [0.29, 0.717) is 0 Å². The minimum absolute atomic E-state index is 0.746. The molecule has 0 saturated heterocycles. The zero-order valence-corrected chi connectivity index (χ0v) is 11.7. The number of hydrogen-bond donors (Lipinski definition) is 1. The summed E-state index contributed by atoms with van der Waals surface area (Å²) in [4.78, 5) is 0. The molecule has 0 aliphatic heterocycles. The molecule has 2 fully saturated rings. The lowest BCUT2D eigenvalue weighted by atomic mass is 9.94. The van der Waals surface area contributed by atoms with Crippen molar-refractivity contribution in [2.75, 3.05) is 5.75 Å². The van der Waals surface area contributed by atoms with Gasteiger partial charge in [0.1, 0.15) is 0 Å². The van der Waals surface area contributed by atoms with Crippen molar-refractivity contribution >= 4 is 11.8 Å². The van der Waals surface area contributed by atoms with Crippen molar-refractivity contribution in [3.63, 3.8) is 0 Å².